The van der Waals surface area contributed by atoms with Gasteiger partial charge in [-0.05, 0) is 18.1 Å². The molecule has 0 spiro atoms. The number of carbonyl (C=O) groups is 2. The van der Waals surface area contributed by atoms with Gasteiger partial charge in [0.2, 0.25) is 0 Å². The smallest absolute Gasteiger partial charge is 0.342 e. The molecule has 1 aromatic carbocycles. The molecule has 0 bridgehead atoms. The van der Waals surface area contributed by atoms with Crippen molar-refractivity contribution in [2.45, 2.75) is 13.8 Å². The quantitative estimate of drug-likeness (QED) is 0.692. The minimum absolute atomic E-state index is 0.102. The molecule has 0 aliphatic heterocycles. The summed E-state index contributed by atoms with van der Waals surface area (Å²) in [5.74, 6) is -1.48. The van der Waals surface area contributed by atoms with Gasteiger partial charge in [0.15, 0.2) is 6.61 Å². The first-order valence-electron chi connectivity index (χ1n) is 5.86. The van der Waals surface area contributed by atoms with Crippen LogP contribution in [0.2, 0.25) is 0 Å². The second-order valence-corrected chi connectivity index (χ2v) is 4.48. The first-order valence-corrected chi connectivity index (χ1v) is 5.86. The summed E-state index contributed by atoms with van der Waals surface area (Å²) in [6.07, 6.45) is 0. The van der Waals surface area contributed by atoms with Gasteiger partial charge in [-0.1, -0.05) is 13.8 Å². The molecule has 0 unspecified atom stereocenters. The Balaban J connectivity index is 2.49. The molecule has 0 aliphatic carbocycles. The van der Waals surface area contributed by atoms with Crippen LogP contribution in [-0.4, -0.2) is 35.2 Å². The number of hydrogen-bond acceptors (Lipinski definition) is 5. The van der Waals surface area contributed by atoms with Crippen LogP contribution in [0.15, 0.2) is 18.2 Å². The summed E-state index contributed by atoms with van der Waals surface area (Å²) in [7, 11) is 0. The molecule has 0 heterocycles. The van der Waals surface area contributed by atoms with E-state index in [0.717, 1.165) is 6.07 Å². The van der Waals surface area contributed by atoms with E-state index in [1.807, 2.05) is 13.8 Å². The highest BCUT2D eigenvalue weighted by Gasteiger charge is 2.14. The molecule has 1 amide bonds. The van der Waals surface area contributed by atoms with Gasteiger partial charge in [0.05, 0.1) is 0 Å². The van der Waals surface area contributed by atoms with E-state index in [9.17, 15) is 14.7 Å². The molecular formula is C13H17NO5. The van der Waals surface area contributed by atoms with Crippen LogP contribution in [0.5, 0.6) is 11.5 Å². The highest BCUT2D eigenvalue weighted by atomic mass is 16.5. The molecular weight excluding hydrogens is 250 g/mol. The van der Waals surface area contributed by atoms with Gasteiger partial charge in [-0.15, -0.1) is 0 Å². The minimum Gasteiger partial charge on any atom is -0.508 e. The number of hydrogen-bond donors (Lipinski definition) is 3. The number of aromatic hydroxyl groups is 2. The average molecular weight is 267 g/mol. The summed E-state index contributed by atoms with van der Waals surface area (Å²) < 4.78 is 4.75. The molecule has 0 aliphatic rings. The molecule has 3 N–H and O–H groups in total. The average Bonchev–Trinajstić information content (AvgIpc) is 2.33. The molecule has 0 radical (unpaired) electrons. The number of rotatable bonds is 5. The highest BCUT2D eigenvalue weighted by Crippen LogP contribution is 2.22. The van der Waals surface area contributed by atoms with E-state index in [1.54, 1.807) is 0 Å². The summed E-state index contributed by atoms with van der Waals surface area (Å²) in [5.41, 5.74) is -0.102. The largest absolute Gasteiger partial charge is 0.508 e. The van der Waals surface area contributed by atoms with Crippen LogP contribution < -0.4 is 5.32 Å². The number of carbonyl (C=O) groups excluding carboxylic acids is 2. The number of nitrogens with one attached hydrogen (secondary N) is 1. The Morgan fingerprint density at radius 1 is 1.32 bits per heavy atom. The third-order valence-electron chi connectivity index (χ3n) is 2.24. The van der Waals surface area contributed by atoms with E-state index in [4.69, 9.17) is 9.84 Å². The lowest BCUT2D eigenvalue weighted by Gasteiger charge is -2.09. The van der Waals surface area contributed by atoms with Crippen molar-refractivity contribution in [1.82, 2.24) is 5.32 Å². The monoisotopic (exact) mass is 267 g/mol. The third kappa shape index (κ3) is 4.87. The van der Waals surface area contributed by atoms with Crippen molar-refractivity contribution in [3.8, 4) is 11.5 Å². The van der Waals surface area contributed by atoms with Crippen LogP contribution in [0.1, 0.15) is 24.2 Å². The molecule has 0 atom stereocenters. The van der Waals surface area contributed by atoms with Crippen molar-refractivity contribution in [3.63, 3.8) is 0 Å². The zero-order chi connectivity index (χ0) is 14.4. The Kier molecular flexibility index (Phi) is 5.17. The molecule has 0 fully saturated rings. The van der Waals surface area contributed by atoms with E-state index in [-0.39, 0.29) is 11.3 Å². The Labute approximate surface area is 111 Å². The molecule has 0 aromatic heterocycles. The molecule has 104 valence electrons. The van der Waals surface area contributed by atoms with Gasteiger partial charge in [-0.25, -0.2) is 4.79 Å². The number of phenolic OH excluding ortho intramolecular Hbond substituents is 2. The van der Waals surface area contributed by atoms with Crippen LogP contribution in [-0.2, 0) is 9.53 Å². The summed E-state index contributed by atoms with van der Waals surface area (Å²) in [4.78, 5) is 22.9. The van der Waals surface area contributed by atoms with Gasteiger partial charge < -0.3 is 20.3 Å². The van der Waals surface area contributed by atoms with E-state index in [2.05, 4.69) is 5.32 Å². The number of amides is 1. The lowest BCUT2D eigenvalue weighted by Crippen LogP contribution is -2.31. The first-order chi connectivity index (χ1) is 8.90. The van der Waals surface area contributed by atoms with Crippen molar-refractivity contribution in [2.75, 3.05) is 13.2 Å². The highest BCUT2D eigenvalue weighted by molar-refractivity contribution is 5.94. The van der Waals surface area contributed by atoms with Gasteiger partial charge in [-0.3, -0.25) is 4.79 Å². The summed E-state index contributed by atoms with van der Waals surface area (Å²) >= 11 is 0. The van der Waals surface area contributed by atoms with Crippen molar-refractivity contribution in [3.05, 3.63) is 23.8 Å². The lowest BCUT2D eigenvalue weighted by molar-refractivity contribution is -0.124. The van der Waals surface area contributed by atoms with Crippen LogP contribution in [0, 0.1) is 5.92 Å². The predicted octanol–water partition coefficient (Wildman–Crippen LogP) is 1.03. The van der Waals surface area contributed by atoms with Gasteiger partial charge in [-0.2, -0.15) is 0 Å². The van der Waals surface area contributed by atoms with Crippen molar-refractivity contribution in [2.24, 2.45) is 5.92 Å². The van der Waals surface area contributed by atoms with Crippen LogP contribution in [0.25, 0.3) is 0 Å². The maximum absolute atomic E-state index is 11.6. The Morgan fingerprint density at radius 2 is 2.00 bits per heavy atom. The van der Waals surface area contributed by atoms with Crippen LogP contribution in [0.4, 0.5) is 0 Å². The SMILES string of the molecule is CC(C)CNC(=O)COC(=O)c1ccc(O)cc1O. The number of benzene rings is 1. The predicted molar refractivity (Wildman–Crippen MR) is 67.9 cm³/mol. The molecule has 6 nitrogen and oxygen atoms in total. The Bertz CT molecular complexity index is 470. The molecule has 1 aromatic rings. The standard InChI is InChI=1S/C13H17NO5/c1-8(2)6-14-12(17)7-19-13(18)10-4-3-9(15)5-11(10)16/h3-5,8,15-16H,6-7H2,1-2H3,(H,14,17). The van der Waals surface area contributed by atoms with Gasteiger partial charge in [0, 0.05) is 12.6 Å². The van der Waals surface area contributed by atoms with Crippen LogP contribution in [0.3, 0.4) is 0 Å². The minimum atomic E-state index is -0.822. The topological polar surface area (TPSA) is 95.9 Å². The zero-order valence-corrected chi connectivity index (χ0v) is 10.8. The normalized spacial score (nSPS) is 10.3. The van der Waals surface area contributed by atoms with Crippen molar-refractivity contribution in [1.29, 1.82) is 0 Å². The number of phenols is 2. The van der Waals surface area contributed by atoms with E-state index < -0.39 is 24.2 Å². The van der Waals surface area contributed by atoms with Crippen molar-refractivity contribution >= 4 is 11.9 Å². The zero-order valence-electron chi connectivity index (χ0n) is 10.8. The van der Waals surface area contributed by atoms with Gasteiger partial charge in [0.1, 0.15) is 17.1 Å². The van der Waals surface area contributed by atoms with Gasteiger partial charge in [0.25, 0.3) is 5.91 Å². The van der Waals surface area contributed by atoms with Crippen molar-refractivity contribution < 1.29 is 24.5 Å². The number of esters is 1. The van der Waals surface area contributed by atoms with E-state index >= 15 is 0 Å². The summed E-state index contributed by atoms with van der Waals surface area (Å²) in [6, 6.07) is 3.49. The van der Waals surface area contributed by atoms with E-state index in [0.29, 0.717) is 12.5 Å². The number of ether oxygens (including phenoxy) is 1. The van der Waals surface area contributed by atoms with Gasteiger partial charge >= 0.3 is 5.97 Å². The second-order valence-electron chi connectivity index (χ2n) is 4.48. The fourth-order valence-electron chi connectivity index (χ4n) is 1.27. The maximum Gasteiger partial charge on any atom is 0.342 e. The molecule has 19 heavy (non-hydrogen) atoms. The molecule has 0 saturated heterocycles. The molecule has 6 heteroatoms. The first kappa shape index (κ1) is 14.8. The Hall–Kier alpha value is -2.24. The molecule has 1 rings (SSSR count). The summed E-state index contributed by atoms with van der Waals surface area (Å²) in [6.45, 7) is 3.98. The fourth-order valence-corrected chi connectivity index (χ4v) is 1.27. The third-order valence-corrected chi connectivity index (χ3v) is 2.24. The fraction of sp³-hybridized carbons (Fsp3) is 0.385. The second kappa shape index (κ2) is 6.63. The Morgan fingerprint density at radius 3 is 2.58 bits per heavy atom. The van der Waals surface area contributed by atoms with Crippen LogP contribution >= 0.6 is 0 Å². The lowest BCUT2D eigenvalue weighted by atomic mass is 10.2. The van der Waals surface area contributed by atoms with E-state index in [1.165, 1.54) is 12.1 Å². The molecule has 0 saturated carbocycles. The maximum atomic E-state index is 11.6. The summed E-state index contributed by atoms with van der Waals surface area (Å²) in [5, 5.41) is 21.1.